The minimum Gasteiger partial charge on any atom is -0.290 e. The monoisotopic (exact) mass is 296 g/mol. The molecule has 19 heavy (non-hydrogen) atoms. The Bertz CT molecular complexity index is 618. The summed E-state index contributed by atoms with van der Waals surface area (Å²) in [4.78, 5) is 23.9. The van der Waals surface area contributed by atoms with Gasteiger partial charge >= 0.3 is 0 Å². The number of amides is 1. The van der Waals surface area contributed by atoms with Crippen molar-refractivity contribution < 1.29 is 4.79 Å². The zero-order chi connectivity index (χ0) is 13.8. The van der Waals surface area contributed by atoms with Crippen LogP contribution in [0.2, 0.25) is 10.3 Å². The van der Waals surface area contributed by atoms with Crippen LogP contribution in [0.15, 0.2) is 24.4 Å². The minimum atomic E-state index is -0.360. The Labute approximate surface area is 120 Å². The van der Waals surface area contributed by atoms with Crippen LogP contribution in [0.5, 0.6) is 0 Å². The molecule has 0 atom stereocenters. The Kier molecular flexibility index (Phi) is 4.29. The van der Waals surface area contributed by atoms with Gasteiger partial charge in [0.1, 0.15) is 10.3 Å². The van der Waals surface area contributed by atoms with Crippen LogP contribution in [0.4, 0.5) is 5.95 Å². The molecular weight excluding hydrogens is 287 g/mol. The van der Waals surface area contributed by atoms with E-state index in [4.69, 9.17) is 23.2 Å². The van der Waals surface area contributed by atoms with Crippen LogP contribution < -0.4 is 5.32 Å². The summed E-state index contributed by atoms with van der Waals surface area (Å²) < 4.78 is 0. The first kappa shape index (κ1) is 13.7. The van der Waals surface area contributed by atoms with Crippen LogP contribution in [0, 0.1) is 0 Å². The highest BCUT2D eigenvalue weighted by Gasteiger charge is 2.10. The van der Waals surface area contributed by atoms with Crippen molar-refractivity contribution in [2.24, 2.45) is 0 Å². The molecule has 2 aromatic rings. The first-order valence-corrected chi connectivity index (χ1v) is 6.30. The van der Waals surface area contributed by atoms with Crippen molar-refractivity contribution in [2.75, 3.05) is 5.32 Å². The van der Waals surface area contributed by atoms with E-state index < -0.39 is 0 Å². The summed E-state index contributed by atoms with van der Waals surface area (Å²) in [5.74, 6) is -0.218. The van der Waals surface area contributed by atoms with E-state index in [0.29, 0.717) is 12.0 Å². The fourth-order valence-electron chi connectivity index (χ4n) is 1.43. The van der Waals surface area contributed by atoms with E-state index in [2.05, 4.69) is 20.3 Å². The Morgan fingerprint density at radius 1 is 1.26 bits per heavy atom. The summed E-state index contributed by atoms with van der Waals surface area (Å²) in [7, 11) is 0. The van der Waals surface area contributed by atoms with E-state index in [1.54, 1.807) is 6.07 Å². The lowest BCUT2D eigenvalue weighted by Gasteiger charge is -2.05. The molecule has 0 unspecified atom stereocenters. The molecule has 2 rings (SSSR count). The lowest BCUT2D eigenvalue weighted by Crippen LogP contribution is -2.14. The number of hydrogen-bond acceptors (Lipinski definition) is 4. The summed E-state index contributed by atoms with van der Waals surface area (Å²) in [5.41, 5.74) is 1.14. The molecule has 0 saturated heterocycles. The van der Waals surface area contributed by atoms with E-state index in [1.165, 1.54) is 18.3 Å². The lowest BCUT2D eigenvalue weighted by atomic mass is 10.2. The second-order valence-corrected chi connectivity index (χ2v) is 4.46. The van der Waals surface area contributed by atoms with Gasteiger partial charge in [-0.2, -0.15) is 0 Å². The van der Waals surface area contributed by atoms with Gasteiger partial charge in [-0.3, -0.25) is 10.1 Å². The zero-order valence-electron chi connectivity index (χ0n) is 10.0. The molecule has 0 radical (unpaired) electrons. The van der Waals surface area contributed by atoms with Crippen LogP contribution in [0.1, 0.15) is 23.0 Å². The SMILES string of the molecule is CCc1cc(C(=O)Nc2nccc(Cl)n2)cc(Cl)n1. The predicted molar refractivity (Wildman–Crippen MR) is 73.6 cm³/mol. The zero-order valence-corrected chi connectivity index (χ0v) is 11.5. The summed E-state index contributed by atoms with van der Waals surface area (Å²) >= 11 is 11.6. The van der Waals surface area contributed by atoms with Gasteiger partial charge < -0.3 is 0 Å². The second-order valence-electron chi connectivity index (χ2n) is 3.68. The van der Waals surface area contributed by atoms with Gasteiger partial charge in [0, 0.05) is 17.5 Å². The highest BCUT2D eigenvalue weighted by Crippen LogP contribution is 2.13. The molecule has 0 saturated carbocycles. The average Bonchev–Trinajstić information content (AvgIpc) is 2.38. The van der Waals surface area contributed by atoms with Crippen LogP contribution in [-0.2, 0) is 6.42 Å². The maximum Gasteiger partial charge on any atom is 0.258 e. The average molecular weight is 297 g/mol. The van der Waals surface area contributed by atoms with E-state index in [1.807, 2.05) is 6.92 Å². The number of pyridine rings is 1. The van der Waals surface area contributed by atoms with Gasteiger partial charge in [0.05, 0.1) is 0 Å². The number of aromatic nitrogens is 3. The minimum absolute atomic E-state index is 0.142. The third-order valence-electron chi connectivity index (χ3n) is 2.32. The summed E-state index contributed by atoms with van der Waals surface area (Å²) in [5, 5.41) is 3.08. The number of anilines is 1. The van der Waals surface area contributed by atoms with E-state index in [-0.39, 0.29) is 22.2 Å². The maximum absolute atomic E-state index is 12.0. The Morgan fingerprint density at radius 2 is 2.05 bits per heavy atom. The van der Waals surface area contributed by atoms with E-state index in [9.17, 15) is 4.79 Å². The van der Waals surface area contributed by atoms with Crippen molar-refractivity contribution in [1.82, 2.24) is 15.0 Å². The second kappa shape index (κ2) is 5.95. The molecule has 2 aromatic heterocycles. The Morgan fingerprint density at radius 3 is 2.74 bits per heavy atom. The van der Waals surface area contributed by atoms with E-state index >= 15 is 0 Å². The number of carbonyl (C=O) groups is 1. The third-order valence-corrected chi connectivity index (χ3v) is 2.72. The molecule has 0 aliphatic heterocycles. The van der Waals surface area contributed by atoms with Gasteiger partial charge in [0.2, 0.25) is 5.95 Å². The van der Waals surface area contributed by atoms with Crippen LogP contribution in [0.3, 0.4) is 0 Å². The normalized spacial score (nSPS) is 10.3. The number of nitrogens with one attached hydrogen (secondary N) is 1. The predicted octanol–water partition coefficient (Wildman–Crippen LogP) is 2.99. The molecule has 0 aliphatic rings. The number of rotatable bonds is 3. The number of carbonyl (C=O) groups excluding carboxylic acids is 1. The van der Waals surface area contributed by atoms with Crippen molar-refractivity contribution in [3.8, 4) is 0 Å². The van der Waals surface area contributed by atoms with Gasteiger partial charge in [-0.05, 0) is 24.6 Å². The molecule has 0 spiro atoms. The molecule has 7 heteroatoms. The van der Waals surface area contributed by atoms with Crippen LogP contribution in [0.25, 0.3) is 0 Å². The molecule has 5 nitrogen and oxygen atoms in total. The van der Waals surface area contributed by atoms with Crippen molar-refractivity contribution in [1.29, 1.82) is 0 Å². The largest absolute Gasteiger partial charge is 0.290 e. The molecule has 0 bridgehead atoms. The van der Waals surface area contributed by atoms with Gasteiger partial charge in [0.15, 0.2) is 0 Å². The molecule has 1 N–H and O–H groups in total. The van der Waals surface area contributed by atoms with Gasteiger partial charge in [-0.15, -0.1) is 0 Å². The Hall–Kier alpha value is -1.72. The van der Waals surface area contributed by atoms with Crippen molar-refractivity contribution in [3.63, 3.8) is 0 Å². The van der Waals surface area contributed by atoms with Gasteiger partial charge in [-0.1, -0.05) is 30.1 Å². The summed E-state index contributed by atoms with van der Waals surface area (Å²) in [6.07, 6.45) is 2.15. The first-order valence-electron chi connectivity index (χ1n) is 5.55. The van der Waals surface area contributed by atoms with Crippen LogP contribution in [-0.4, -0.2) is 20.9 Å². The van der Waals surface area contributed by atoms with Crippen molar-refractivity contribution in [3.05, 3.63) is 46.0 Å². The maximum atomic E-state index is 12.0. The summed E-state index contributed by atoms with van der Waals surface area (Å²) in [6.45, 7) is 1.93. The number of hydrogen-bond donors (Lipinski definition) is 1. The molecule has 0 aliphatic carbocycles. The van der Waals surface area contributed by atoms with Crippen molar-refractivity contribution >= 4 is 35.1 Å². The van der Waals surface area contributed by atoms with Crippen molar-refractivity contribution in [2.45, 2.75) is 13.3 Å². The molecule has 1 amide bonds. The molecule has 98 valence electrons. The van der Waals surface area contributed by atoms with Crippen LogP contribution >= 0.6 is 23.2 Å². The highest BCUT2D eigenvalue weighted by atomic mass is 35.5. The molecule has 0 fully saturated rings. The smallest absolute Gasteiger partial charge is 0.258 e. The summed E-state index contributed by atoms with van der Waals surface area (Å²) in [6, 6.07) is 4.68. The first-order chi connectivity index (χ1) is 9.08. The topological polar surface area (TPSA) is 67.8 Å². The molecule has 2 heterocycles. The fraction of sp³-hybridized carbons (Fsp3) is 0.167. The number of aryl methyl sites for hydroxylation is 1. The van der Waals surface area contributed by atoms with E-state index in [0.717, 1.165) is 5.69 Å². The fourth-order valence-corrected chi connectivity index (χ4v) is 1.80. The lowest BCUT2D eigenvalue weighted by molar-refractivity contribution is 0.102. The molecule has 0 aromatic carbocycles. The standard InChI is InChI=1S/C12H10Cl2N4O/c1-2-8-5-7(6-10(14)16-8)11(19)18-12-15-4-3-9(13)17-12/h3-6H,2H2,1H3,(H,15,17,18,19). The number of nitrogens with zero attached hydrogens (tertiary/aromatic N) is 3. The highest BCUT2D eigenvalue weighted by molar-refractivity contribution is 6.30. The molecular formula is C12H10Cl2N4O. The van der Waals surface area contributed by atoms with Gasteiger partial charge in [0.25, 0.3) is 5.91 Å². The quantitative estimate of drug-likeness (QED) is 0.698. The van der Waals surface area contributed by atoms with Gasteiger partial charge in [-0.25, -0.2) is 15.0 Å². The Balaban J connectivity index is 2.22. The third kappa shape index (κ3) is 3.62. The number of halogens is 2.